The summed E-state index contributed by atoms with van der Waals surface area (Å²) < 4.78 is 0. The van der Waals surface area contributed by atoms with Crippen molar-refractivity contribution in [2.75, 3.05) is 13.1 Å². The van der Waals surface area contributed by atoms with Crippen molar-refractivity contribution in [2.45, 2.75) is 46.0 Å². The maximum Gasteiger partial charge on any atom is 0.227 e. The van der Waals surface area contributed by atoms with Crippen molar-refractivity contribution >= 4 is 11.5 Å². The molecule has 5 rings (SSSR count). The quantitative estimate of drug-likeness (QED) is 0.591. The molecule has 0 radical (unpaired) electrons. The van der Waals surface area contributed by atoms with Gasteiger partial charge in [0.2, 0.25) is 5.91 Å². The number of nitrogens with zero attached hydrogens (tertiary/aromatic N) is 3. The number of carbonyl (C=O) groups excluding carboxylic acids is 1. The minimum absolute atomic E-state index is 0.200. The first kappa shape index (κ1) is 20.6. The number of carbonyl (C=O) groups is 1. The lowest BCUT2D eigenvalue weighted by atomic mass is 9.88. The van der Waals surface area contributed by atoms with E-state index >= 15 is 0 Å². The van der Waals surface area contributed by atoms with Crippen LogP contribution in [0.25, 0.3) is 5.57 Å². The Morgan fingerprint density at radius 2 is 1.62 bits per heavy atom. The molecule has 1 fully saturated rings. The fraction of sp³-hybridized carbons (Fsp3) is 0.321. The highest BCUT2D eigenvalue weighted by atomic mass is 16.2. The highest BCUT2D eigenvalue weighted by molar-refractivity contribution is 5.85. The summed E-state index contributed by atoms with van der Waals surface area (Å²) in [6.45, 7) is 5.83. The zero-order valence-corrected chi connectivity index (χ0v) is 18.9. The number of hydrogen-bond donors (Lipinski definition) is 0. The summed E-state index contributed by atoms with van der Waals surface area (Å²) >= 11 is 0. The second-order valence-corrected chi connectivity index (χ2v) is 9.07. The Bertz CT molecular complexity index is 1130. The number of aromatic nitrogens is 2. The van der Waals surface area contributed by atoms with Gasteiger partial charge in [-0.05, 0) is 79.5 Å². The van der Waals surface area contributed by atoms with Gasteiger partial charge >= 0.3 is 0 Å². The second kappa shape index (κ2) is 8.70. The highest BCUT2D eigenvalue weighted by Gasteiger charge is 2.26. The Kier molecular flexibility index (Phi) is 5.60. The molecule has 1 saturated heterocycles. The molecule has 3 heterocycles. The van der Waals surface area contributed by atoms with E-state index < -0.39 is 0 Å². The Morgan fingerprint density at radius 1 is 0.906 bits per heavy atom. The van der Waals surface area contributed by atoms with Crippen molar-refractivity contribution in [3.63, 3.8) is 0 Å². The number of amides is 1. The van der Waals surface area contributed by atoms with Crippen LogP contribution in [0.3, 0.4) is 0 Å². The van der Waals surface area contributed by atoms with Crippen LogP contribution in [0.5, 0.6) is 0 Å². The zero-order chi connectivity index (χ0) is 22.1. The molecule has 0 N–H and O–H groups in total. The third-order valence-corrected chi connectivity index (χ3v) is 6.71. The summed E-state index contributed by atoms with van der Waals surface area (Å²) in [6, 6.07) is 13.0. The summed E-state index contributed by atoms with van der Waals surface area (Å²) in [5.74, 6) is 0.200. The van der Waals surface area contributed by atoms with E-state index in [0.717, 1.165) is 50.0 Å². The average Bonchev–Trinajstić information content (AvgIpc) is 2.96. The summed E-state index contributed by atoms with van der Waals surface area (Å²) in [5.41, 5.74) is 11.5. The molecule has 1 aliphatic heterocycles. The van der Waals surface area contributed by atoms with Gasteiger partial charge in [-0.2, -0.15) is 0 Å². The van der Waals surface area contributed by atoms with Crippen LogP contribution in [0.1, 0.15) is 51.9 Å². The summed E-state index contributed by atoms with van der Waals surface area (Å²) in [7, 11) is 0. The molecule has 4 heteroatoms. The van der Waals surface area contributed by atoms with Crippen LogP contribution in [0, 0.1) is 13.8 Å². The maximum atomic E-state index is 12.9. The van der Waals surface area contributed by atoms with Gasteiger partial charge in [-0.1, -0.05) is 35.4 Å². The predicted molar refractivity (Wildman–Crippen MR) is 127 cm³/mol. The number of fused-ring (bicyclic) bond motifs is 2. The molecular weight excluding hydrogens is 394 g/mol. The molecule has 32 heavy (non-hydrogen) atoms. The predicted octanol–water partition coefficient (Wildman–Crippen LogP) is 4.86. The Balaban J connectivity index is 1.46. The molecule has 0 spiro atoms. The molecule has 1 aliphatic carbocycles. The molecule has 162 valence electrons. The van der Waals surface area contributed by atoms with Crippen molar-refractivity contribution in [3.05, 3.63) is 99.6 Å². The molecule has 2 aliphatic rings. The van der Waals surface area contributed by atoms with Gasteiger partial charge in [0.25, 0.3) is 0 Å². The van der Waals surface area contributed by atoms with Crippen LogP contribution in [-0.2, 0) is 24.1 Å². The summed E-state index contributed by atoms with van der Waals surface area (Å²) in [6.07, 6.45) is 9.80. The van der Waals surface area contributed by atoms with Gasteiger partial charge in [0.05, 0.1) is 12.1 Å². The number of piperidine rings is 1. The number of likely N-dealkylation sites (tertiary alicyclic amines) is 1. The molecule has 3 aromatic rings. The highest BCUT2D eigenvalue weighted by Crippen LogP contribution is 2.38. The van der Waals surface area contributed by atoms with Crippen molar-refractivity contribution in [1.82, 2.24) is 14.9 Å². The molecule has 1 amide bonds. The Labute approximate surface area is 190 Å². The standard InChI is InChI=1S/C28H29N3O/c1-19-3-6-25-23(15-19)4-5-24-16-20(2)18-30-28(24)27(25)22-9-13-31(14-10-22)26(32)17-21-7-11-29-12-8-21/h3,6-8,11-12,15-16,18H,4-5,9-10,13-14,17H2,1-2H3. The number of hydrogen-bond acceptors (Lipinski definition) is 3. The number of pyridine rings is 2. The monoisotopic (exact) mass is 423 g/mol. The first-order valence-corrected chi connectivity index (χ1v) is 11.5. The summed E-state index contributed by atoms with van der Waals surface area (Å²) in [4.78, 5) is 23.8. The largest absolute Gasteiger partial charge is 0.342 e. The molecule has 0 atom stereocenters. The third kappa shape index (κ3) is 4.10. The van der Waals surface area contributed by atoms with Gasteiger partial charge in [-0.15, -0.1) is 0 Å². The Hall–Kier alpha value is -3.27. The number of benzene rings is 1. The van der Waals surface area contributed by atoms with E-state index in [-0.39, 0.29) is 5.91 Å². The zero-order valence-electron chi connectivity index (χ0n) is 18.9. The lowest BCUT2D eigenvalue weighted by Gasteiger charge is -2.30. The Morgan fingerprint density at radius 3 is 2.41 bits per heavy atom. The second-order valence-electron chi connectivity index (χ2n) is 9.07. The first-order valence-electron chi connectivity index (χ1n) is 11.5. The minimum atomic E-state index is 0.200. The molecule has 2 aromatic heterocycles. The van der Waals surface area contributed by atoms with Gasteiger partial charge in [-0.3, -0.25) is 14.8 Å². The van der Waals surface area contributed by atoms with Crippen LogP contribution < -0.4 is 0 Å². The van der Waals surface area contributed by atoms with Crippen molar-refractivity contribution < 1.29 is 4.79 Å². The minimum Gasteiger partial charge on any atom is -0.342 e. The van der Waals surface area contributed by atoms with E-state index in [4.69, 9.17) is 4.98 Å². The van der Waals surface area contributed by atoms with Gasteiger partial charge in [0, 0.05) is 37.3 Å². The molecule has 0 unspecified atom stereocenters. The fourth-order valence-corrected chi connectivity index (χ4v) is 5.04. The van der Waals surface area contributed by atoms with Crippen LogP contribution in [0.15, 0.2) is 60.6 Å². The van der Waals surface area contributed by atoms with E-state index in [1.807, 2.05) is 23.2 Å². The lowest BCUT2D eigenvalue weighted by molar-refractivity contribution is -0.130. The van der Waals surface area contributed by atoms with Crippen LogP contribution in [-0.4, -0.2) is 33.9 Å². The summed E-state index contributed by atoms with van der Waals surface area (Å²) in [5, 5.41) is 0. The van der Waals surface area contributed by atoms with Crippen molar-refractivity contribution in [1.29, 1.82) is 0 Å². The molecule has 4 nitrogen and oxygen atoms in total. The van der Waals surface area contributed by atoms with Gasteiger partial charge in [0.1, 0.15) is 0 Å². The smallest absolute Gasteiger partial charge is 0.227 e. The van der Waals surface area contributed by atoms with Gasteiger partial charge in [0.15, 0.2) is 0 Å². The van der Waals surface area contributed by atoms with E-state index in [2.05, 4.69) is 43.1 Å². The van der Waals surface area contributed by atoms with Crippen LogP contribution >= 0.6 is 0 Å². The average molecular weight is 424 g/mol. The number of rotatable bonds is 2. The molecule has 1 aromatic carbocycles. The van der Waals surface area contributed by atoms with Gasteiger partial charge in [-0.25, -0.2) is 0 Å². The number of aryl methyl sites for hydroxylation is 4. The van der Waals surface area contributed by atoms with E-state index in [1.54, 1.807) is 12.4 Å². The van der Waals surface area contributed by atoms with Gasteiger partial charge < -0.3 is 4.90 Å². The maximum absolute atomic E-state index is 12.9. The van der Waals surface area contributed by atoms with Crippen molar-refractivity contribution in [3.8, 4) is 0 Å². The van der Waals surface area contributed by atoms with E-state index in [1.165, 1.54) is 39.0 Å². The molecule has 0 saturated carbocycles. The van der Waals surface area contributed by atoms with Crippen molar-refractivity contribution in [2.24, 2.45) is 0 Å². The van der Waals surface area contributed by atoms with Crippen LogP contribution in [0.4, 0.5) is 0 Å². The van der Waals surface area contributed by atoms with E-state index in [0.29, 0.717) is 6.42 Å². The fourth-order valence-electron chi connectivity index (χ4n) is 5.04. The normalized spacial score (nSPS) is 15.8. The SMILES string of the molecule is Cc1ccc2c(c1)CCc1cc(C)cnc1C2=C1CCN(C(=O)Cc2ccncc2)CC1. The topological polar surface area (TPSA) is 46.1 Å². The lowest BCUT2D eigenvalue weighted by Crippen LogP contribution is -2.37. The molecule has 0 bridgehead atoms. The molecular formula is C28H29N3O. The third-order valence-electron chi connectivity index (χ3n) is 6.71. The van der Waals surface area contributed by atoms with E-state index in [9.17, 15) is 4.79 Å². The van der Waals surface area contributed by atoms with Crippen LogP contribution in [0.2, 0.25) is 0 Å². The first-order chi connectivity index (χ1) is 15.6.